The highest BCUT2D eigenvalue weighted by atomic mass is 19.1. The first-order chi connectivity index (χ1) is 16.6. The van der Waals surface area contributed by atoms with Gasteiger partial charge in [-0.2, -0.15) is 0 Å². The van der Waals surface area contributed by atoms with Crippen LogP contribution in [0.25, 0.3) is 22.2 Å². The van der Waals surface area contributed by atoms with Crippen molar-refractivity contribution in [1.82, 2.24) is 15.6 Å². The molecule has 6 rings (SSSR count). The van der Waals surface area contributed by atoms with E-state index in [1.165, 1.54) is 0 Å². The Morgan fingerprint density at radius 1 is 1.17 bits per heavy atom. The summed E-state index contributed by atoms with van der Waals surface area (Å²) >= 11 is 0. The molecule has 3 aromatic rings. The molecule has 2 fully saturated rings. The number of carbonyl (C=O) groups is 3. The van der Waals surface area contributed by atoms with E-state index in [9.17, 15) is 14.4 Å². The van der Waals surface area contributed by atoms with Crippen LogP contribution in [0.5, 0.6) is 0 Å². The Kier molecular flexibility index (Phi) is 4.51. The fourth-order valence-electron chi connectivity index (χ4n) is 6.15. The smallest absolute Gasteiger partial charge is 0.242 e. The first-order valence-corrected chi connectivity index (χ1v) is 11.5. The van der Waals surface area contributed by atoms with Gasteiger partial charge >= 0.3 is 0 Å². The number of hydrogen-bond donors (Lipinski definition) is 1. The van der Waals surface area contributed by atoms with Gasteiger partial charge in [-0.05, 0) is 45.7 Å². The number of halogens is 1. The summed E-state index contributed by atoms with van der Waals surface area (Å²) in [4.78, 5) is 40.5. The summed E-state index contributed by atoms with van der Waals surface area (Å²) in [5.41, 5.74) is 0.625. The van der Waals surface area contributed by atoms with E-state index in [1.807, 2.05) is 6.92 Å². The van der Waals surface area contributed by atoms with Gasteiger partial charge in [0.1, 0.15) is 16.9 Å². The van der Waals surface area contributed by atoms with Gasteiger partial charge in [-0.3, -0.25) is 19.7 Å². The summed E-state index contributed by atoms with van der Waals surface area (Å²) in [6.07, 6.45) is -1.36. The standard InChI is InChI=1S/C24H23FN4O6/c1-9-8-29-20-13(7-24(22(29)12(4)33-9)15(30)6-16(31)26-23(24)32)5-14-19(28-35-21(14)18(20)25)17-10(2)27-34-11(17)3/h5,9,12,22H,6-8H2,1-4H3,(H,26,31,32)/t9-,12+,22-,24?/m1/s1. The van der Waals surface area contributed by atoms with Crippen LogP contribution in [0, 0.1) is 25.1 Å². The number of ketones is 1. The van der Waals surface area contributed by atoms with E-state index in [-0.39, 0.29) is 30.3 Å². The summed E-state index contributed by atoms with van der Waals surface area (Å²) in [6, 6.07) is 0.925. The number of amides is 2. The number of aromatic nitrogens is 2. The van der Waals surface area contributed by atoms with Crippen molar-refractivity contribution in [1.29, 1.82) is 0 Å². The highest BCUT2D eigenvalue weighted by molar-refractivity contribution is 6.22. The first-order valence-electron chi connectivity index (χ1n) is 11.5. The van der Waals surface area contributed by atoms with E-state index < -0.39 is 47.4 Å². The van der Waals surface area contributed by atoms with Crippen molar-refractivity contribution in [3.8, 4) is 11.3 Å². The minimum Gasteiger partial charge on any atom is -0.372 e. The molecule has 35 heavy (non-hydrogen) atoms. The number of fused-ring (bicyclic) bond motifs is 5. The Labute approximate surface area is 198 Å². The van der Waals surface area contributed by atoms with Gasteiger partial charge in [0.15, 0.2) is 11.6 Å². The number of nitrogens with one attached hydrogen (secondary N) is 1. The lowest BCUT2D eigenvalue weighted by Gasteiger charge is -2.55. The third-order valence-electron chi connectivity index (χ3n) is 7.45. The summed E-state index contributed by atoms with van der Waals surface area (Å²) in [5.74, 6) is -1.93. The van der Waals surface area contributed by atoms with E-state index in [2.05, 4.69) is 15.6 Å². The van der Waals surface area contributed by atoms with Gasteiger partial charge in [-0.25, -0.2) is 4.39 Å². The molecular formula is C24H23FN4O6. The molecule has 182 valence electrons. The number of ether oxygens (including phenoxy) is 1. The molecular weight excluding hydrogens is 459 g/mol. The van der Waals surface area contributed by atoms with Crippen LogP contribution < -0.4 is 10.2 Å². The van der Waals surface area contributed by atoms with Crippen molar-refractivity contribution in [2.75, 3.05) is 11.4 Å². The average molecular weight is 482 g/mol. The number of benzene rings is 1. The minimum atomic E-state index is -1.60. The molecule has 5 heterocycles. The van der Waals surface area contributed by atoms with Gasteiger partial charge in [0.2, 0.25) is 17.4 Å². The molecule has 3 aliphatic heterocycles. The SMILES string of the molecule is Cc1noc(C)c1-c1noc2c(F)c3c(cc12)CC1(C(=O)CC(=O)NC1=O)[C@H]1[C@H](C)O[C@H](C)CN31. The van der Waals surface area contributed by atoms with Gasteiger partial charge in [0.25, 0.3) is 0 Å². The fourth-order valence-corrected chi connectivity index (χ4v) is 6.15. The Morgan fingerprint density at radius 2 is 1.94 bits per heavy atom. The second-order valence-corrected chi connectivity index (χ2v) is 9.68. The Morgan fingerprint density at radius 3 is 2.63 bits per heavy atom. The second kappa shape index (κ2) is 7.20. The molecule has 11 heteroatoms. The maximum absolute atomic E-state index is 16.1. The number of hydrogen-bond acceptors (Lipinski definition) is 9. The van der Waals surface area contributed by atoms with Crippen LogP contribution >= 0.6 is 0 Å². The van der Waals surface area contributed by atoms with Crippen molar-refractivity contribution in [2.24, 2.45) is 5.41 Å². The summed E-state index contributed by atoms with van der Waals surface area (Å²) in [7, 11) is 0. The predicted molar refractivity (Wildman–Crippen MR) is 119 cm³/mol. The van der Waals surface area contributed by atoms with Crippen LogP contribution in [0.1, 0.15) is 37.3 Å². The van der Waals surface area contributed by atoms with Gasteiger partial charge in [0.05, 0.1) is 47.0 Å². The number of aryl methyl sites for hydroxylation is 2. The highest BCUT2D eigenvalue weighted by Gasteiger charge is 2.62. The molecule has 0 radical (unpaired) electrons. The van der Waals surface area contributed by atoms with Gasteiger partial charge in [-0.1, -0.05) is 10.3 Å². The summed E-state index contributed by atoms with van der Waals surface area (Å²) in [5, 5.41) is 10.8. The van der Waals surface area contributed by atoms with Gasteiger partial charge in [0, 0.05) is 6.54 Å². The second-order valence-electron chi connectivity index (χ2n) is 9.68. The van der Waals surface area contributed by atoms with Crippen LogP contribution in [-0.4, -0.2) is 52.7 Å². The molecule has 2 aromatic heterocycles. The lowest BCUT2D eigenvalue weighted by atomic mass is 9.63. The number of anilines is 1. The minimum absolute atomic E-state index is 0.0325. The number of imide groups is 1. The van der Waals surface area contributed by atoms with Gasteiger partial charge in [-0.15, -0.1) is 0 Å². The third-order valence-corrected chi connectivity index (χ3v) is 7.45. The predicted octanol–water partition coefficient (Wildman–Crippen LogP) is 2.38. The van der Waals surface area contributed by atoms with E-state index >= 15 is 4.39 Å². The number of nitrogens with zero attached hydrogens (tertiary/aromatic N) is 3. The van der Waals surface area contributed by atoms with E-state index in [0.29, 0.717) is 33.7 Å². The molecule has 10 nitrogen and oxygen atoms in total. The zero-order valence-electron chi connectivity index (χ0n) is 19.6. The maximum atomic E-state index is 16.1. The maximum Gasteiger partial charge on any atom is 0.242 e. The zero-order chi connectivity index (χ0) is 24.8. The lowest BCUT2D eigenvalue weighted by Crippen LogP contribution is -2.72. The van der Waals surface area contributed by atoms with E-state index in [0.717, 1.165) is 0 Å². The fraction of sp³-hybridized carbons (Fsp3) is 0.458. The summed E-state index contributed by atoms with van der Waals surface area (Å²) in [6.45, 7) is 7.34. The number of carbonyl (C=O) groups excluding carboxylic acids is 3. The van der Waals surface area contributed by atoms with Crippen LogP contribution in [0.15, 0.2) is 15.1 Å². The number of piperidine rings is 1. The molecule has 0 saturated carbocycles. The normalized spacial score (nSPS) is 28.4. The number of rotatable bonds is 1. The Bertz CT molecular complexity index is 1400. The quantitative estimate of drug-likeness (QED) is 0.411. The number of morpholine rings is 1. The third kappa shape index (κ3) is 2.81. The van der Waals surface area contributed by atoms with E-state index in [1.54, 1.807) is 31.7 Å². The molecule has 1 aromatic carbocycles. The van der Waals surface area contributed by atoms with Crippen molar-refractivity contribution in [3.05, 3.63) is 28.9 Å². The van der Waals surface area contributed by atoms with Crippen molar-refractivity contribution >= 4 is 34.3 Å². The van der Waals surface area contributed by atoms with Crippen molar-refractivity contribution < 1.29 is 32.6 Å². The highest BCUT2D eigenvalue weighted by Crippen LogP contribution is 2.50. The van der Waals surface area contributed by atoms with Gasteiger partial charge < -0.3 is 18.7 Å². The Balaban J connectivity index is 1.62. The van der Waals surface area contributed by atoms with Crippen molar-refractivity contribution in [2.45, 2.75) is 58.8 Å². The Hall–Kier alpha value is -3.60. The van der Waals surface area contributed by atoms with Crippen LogP contribution in [0.2, 0.25) is 0 Å². The molecule has 1 spiro atoms. The van der Waals surface area contributed by atoms with Crippen molar-refractivity contribution in [3.63, 3.8) is 0 Å². The summed E-state index contributed by atoms with van der Waals surface area (Å²) < 4.78 is 32.9. The molecule has 0 bridgehead atoms. The molecule has 3 aliphatic rings. The monoisotopic (exact) mass is 482 g/mol. The van der Waals surface area contributed by atoms with Crippen LogP contribution in [0.4, 0.5) is 10.1 Å². The average Bonchev–Trinajstić information content (AvgIpc) is 3.33. The number of Topliss-reactive ketones (excluding diaryl/α,β-unsaturated/α-hetero) is 1. The molecule has 1 N–H and O–H groups in total. The molecule has 2 saturated heterocycles. The molecule has 2 amide bonds. The lowest BCUT2D eigenvalue weighted by molar-refractivity contribution is -0.158. The molecule has 1 unspecified atom stereocenters. The zero-order valence-corrected chi connectivity index (χ0v) is 19.6. The molecule has 4 atom stereocenters. The first kappa shape index (κ1) is 21.9. The molecule has 0 aliphatic carbocycles. The van der Waals surface area contributed by atoms with E-state index in [4.69, 9.17) is 13.8 Å². The van der Waals surface area contributed by atoms with Crippen LogP contribution in [-0.2, 0) is 25.5 Å². The topological polar surface area (TPSA) is 128 Å². The largest absolute Gasteiger partial charge is 0.372 e. The van der Waals surface area contributed by atoms with Crippen LogP contribution in [0.3, 0.4) is 0 Å².